The summed E-state index contributed by atoms with van der Waals surface area (Å²) in [5, 5.41) is 3.56. The standard InChI is InChI=1S/C17H25NO/c1-4-7-13-16(18-14-5-2)17(19-6-3)15-11-9-8-10-12-15/h8-12,16-18H,5-6,13-14H2,1-3H3. The summed E-state index contributed by atoms with van der Waals surface area (Å²) in [5.74, 6) is 6.15. The highest BCUT2D eigenvalue weighted by Gasteiger charge is 2.22. The van der Waals surface area contributed by atoms with Crippen molar-refractivity contribution in [3.05, 3.63) is 35.9 Å². The topological polar surface area (TPSA) is 21.3 Å². The molecule has 0 aromatic heterocycles. The minimum absolute atomic E-state index is 0.0681. The van der Waals surface area contributed by atoms with Gasteiger partial charge in [-0.2, -0.15) is 0 Å². The number of nitrogens with one attached hydrogen (secondary N) is 1. The lowest BCUT2D eigenvalue weighted by Gasteiger charge is -2.27. The van der Waals surface area contributed by atoms with Crippen LogP contribution in [-0.2, 0) is 4.74 Å². The molecule has 0 aliphatic carbocycles. The van der Waals surface area contributed by atoms with Gasteiger partial charge in [-0.05, 0) is 32.4 Å². The van der Waals surface area contributed by atoms with Crippen LogP contribution in [0, 0.1) is 11.8 Å². The molecule has 2 unspecified atom stereocenters. The van der Waals surface area contributed by atoms with Gasteiger partial charge in [0, 0.05) is 19.1 Å². The number of hydrogen-bond acceptors (Lipinski definition) is 2. The summed E-state index contributed by atoms with van der Waals surface area (Å²) >= 11 is 0. The Bertz CT molecular complexity index is 391. The van der Waals surface area contributed by atoms with E-state index in [0.717, 1.165) is 19.4 Å². The van der Waals surface area contributed by atoms with Crippen molar-refractivity contribution in [3.63, 3.8) is 0 Å². The van der Waals surface area contributed by atoms with Crippen molar-refractivity contribution in [1.29, 1.82) is 0 Å². The van der Waals surface area contributed by atoms with Gasteiger partial charge >= 0.3 is 0 Å². The van der Waals surface area contributed by atoms with Crippen molar-refractivity contribution in [2.75, 3.05) is 13.2 Å². The predicted molar refractivity (Wildman–Crippen MR) is 81.0 cm³/mol. The highest BCUT2D eigenvalue weighted by atomic mass is 16.5. The van der Waals surface area contributed by atoms with Gasteiger partial charge in [0.1, 0.15) is 0 Å². The normalized spacial score (nSPS) is 13.4. The summed E-state index contributed by atoms with van der Waals surface area (Å²) in [6.45, 7) is 7.80. The van der Waals surface area contributed by atoms with E-state index in [9.17, 15) is 0 Å². The van der Waals surface area contributed by atoms with E-state index in [1.165, 1.54) is 5.56 Å². The lowest BCUT2D eigenvalue weighted by molar-refractivity contribution is 0.0345. The molecule has 1 rings (SSSR count). The van der Waals surface area contributed by atoms with Gasteiger partial charge in [0.15, 0.2) is 0 Å². The van der Waals surface area contributed by atoms with E-state index in [4.69, 9.17) is 4.74 Å². The van der Waals surface area contributed by atoms with Crippen LogP contribution >= 0.6 is 0 Å². The SMILES string of the molecule is CC#CCC(NCCC)C(OCC)c1ccccc1. The van der Waals surface area contributed by atoms with Crippen molar-refractivity contribution in [1.82, 2.24) is 5.32 Å². The van der Waals surface area contributed by atoms with Crippen molar-refractivity contribution in [2.24, 2.45) is 0 Å². The predicted octanol–water partition coefficient (Wildman–Crippen LogP) is 3.55. The van der Waals surface area contributed by atoms with Crippen LogP contribution in [0.25, 0.3) is 0 Å². The summed E-state index contributed by atoms with van der Waals surface area (Å²) < 4.78 is 5.95. The van der Waals surface area contributed by atoms with Crippen LogP contribution in [0.4, 0.5) is 0 Å². The fourth-order valence-corrected chi connectivity index (χ4v) is 2.09. The van der Waals surface area contributed by atoms with Crippen molar-refractivity contribution in [3.8, 4) is 11.8 Å². The lowest BCUT2D eigenvalue weighted by atomic mass is 9.99. The fourth-order valence-electron chi connectivity index (χ4n) is 2.09. The van der Waals surface area contributed by atoms with Gasteiger partial charge < -0.3 is 10.1 Å². The molecule has 2 atom stereocenters. The monoisotopic (exact) mass is 259 g/mol. The molecule has 0 spiro atoms. The zero-order valence-corrected chi connectivity index (χ0v) is 12.3. The molecule has 1 aromatic carbocycles. The molecule has 0 amide bonds. The third-order valence-corrected chi connectivity index (χ3v) is 3.00. The van der Waals surface area contributed by atoms with Crippen LogP contribution < -0.4 is 5.32 Å². The molecule has 19 heavy (non-hydrogen) atoms. The Morgan fingerprint density at radius 2 is 1.95 bits per heavy atom. The summed E-state index contributed by atoms with van der Waals surface area (Å²) in [5.41, 5.74) is 1.22. The number of hydrogen-bond donors (Lipinski definition) is 1. The molecule has 0 aliphatic heterocycles. The molecular formula is C17H25NO. The molecule has 1 N–H and O–H groups in total. The van der Waals surface area contributed by atoms with Gasteiger partial charge in [-0.1, -0.05) is 37.3 Å². The van der Waals surface area contributed by atoms with Crippen LogP contribution in [0.3, 0.4) is 0 Å². The van der Waals surface area contributed by atoms with Gasteiger partial charge in [0.25, 0.3) is 0 Å². The minimum Gasteiger partial charge on any atom is -0.372 e. The van der Waals surface area contributed by atoms with Crippen molar-refractivity contribution in [2.45, 2.75) is 45.8 Å². The second-order valence-electron chi connectivity index (χ2n) is 4.48. The fraction of sp³-hybridized carbons (Fsp3) is 0.529. The van der Waals surface area contributed by atoms with Gasteiger partial charge in [-0.25, -0.2) is 0 Å². The van der Waals surface area contributed by atoms with Crippen LogP contribution in [-0.4, -0.2) is 19.2 Å². The van der Waals surface area contributed by atoms with E-state index in [1.54, 1.807) is 0 Å². The highest BCUT2D eigenvalue weighted by Crippen LogP contribution is 2.23. The largest absolute Gasteiger partial charge is 0.372 e. The number of ether oxygens (including phenoxy) is 1. The zero-order valence-electron chi connectivity index (χ0n) is 12.3. The summed E-state index contributed by atoms with van der Waals surface area (Å²) in [7, 11) is 0. The van der Waals surface area contributed by atoms with E-state index < -0.39 is 0 Å². The Kier molecular flexibility index (Phi) is 7.97. The zero-order chi connectivity index (χ0) is 13.9. The Hall–Kier alpha value is -1.30. The molecule has 2 heteroatoms. The molecule has 1 aromatic rings. The first-order valence-electron chi connectivity index (χ1n) is 7.13. The van der Waals surface area contributed by atoms with Crippen molar-refractivity contribution < 1.29 is 4.74 Å². The first-order valence-corrected chi connectivity index (χ1v) is 7.13. The van der Waals surface area contributed by atoms with Gasteiger partial charge in [0.05, 0.1) is 6.10 Å². The van der Waals surface area contributed by atoms with Crippen LogP contribution in [0.5, 0.6) is 0 Å². The van der Waals surface area contributed by atoms with E-state index >= 15 is 0 Å². The minimum atomic E-state index is 0.0681. The molecule has 0 saturated heterocycles. The van der Waals surface area contributed by atoms with Crippen LogP contribution in [0.2, 0.25) is 0 Å². The second-order valence-corrected chi connectivity index (χ2v) is 4.48. The smallest absolute Gasteiger partial charge is 0.0986 e. The second kappa shape index (κ2) is 9.61. The first kappa shape index (κ1) is 15.8. The third kappa shape index (κ3) is 5.46. The molecule has 0 heterocycles. The highest BCUT2D eigenvalue weighted by molar-refractivity contribution is 5.20. The summed E-state index contributed by atoms with van der Waals surface area (Å²) in [6, 6.07) is 10.6. The maximum absolute atomic E-state index is 5.95. The average molecular weight is 259 g/mol. The molecule has 0 bridgehead atoms. The Labute approximate surface area is 117 Å². The molecule has 0 aliphatic rings. The van der Waals surface area contributed by atoms with Crippen molar-refractivity contribution >= 4 is 0 Å². The quantitative estimate of drug-likeness (QED) is 0.721. The van der Waals surface area contributed by atoms with E-state index in [1.807, 2.05) is 19.9 Å². The van der Waals surface area contributed by atoms with Gasteiger partial charge in [0.2, 0.25) is 0 Å². The Morgan fingerprint density at radius 1 is 1.21 bits per heavy atom. The first-order chi connectivity index (χ1) is 9.33. The third-order valence-electron chi connectivity index (χ3n) is 3.00. The van der Waals surface area contributed by atoms with E-state index in [-0.39, 0.29) is 12.1 Å². The average Bonchev–Trinajstić information content (AvgIpc) is 2.46. The molecule has 0 fully saturated rings. The molecule has 0 saturated carbocycles. The van der Waals surface area contributed by atoms with Gasteiger partial charge in [-0.3, -0.25) is 0 Å². The molecule has 104 valence electrons. The maximum atomic E-state index is 5.95. The van der Waals surface area contributed by atoms with Crippen LogP contribution in [0.15, 0.2) is 30.3 Å². The molecular weight excluding hydrogens is 234 g/mol. The van der Waals surface area contributed by atoms with Gasteiger partial charge in [-0.15, -0.1) is 11.8 Å². The Balaban J connectivity index is 2.85. The number of rotatable bonds is 8. The molecule has 0 radical (unpaired) electrons. The number of benzene rings is 1. The van der Waals surface area contributed by atoms with E-state index in [2.05, 4.69) is 48.3 Å². The summed E-state index contributed by atoms with van der Waals surface area (Å²) in [6.07, 6.45) is 2.00. The lowest BCUT2D eigenvalue weighted by Crippen LogP contribution is -2.36. The Morgan fingerprint density at radius 3 is 2.53 bits per heavy atom. The molecule has 2 nitrogen and oxygen atoms in total. The summed E-state index contributed by atoms with van der Waals surface area (Å²) in [4.78, 5) is 0. The maximum Gasteiger partial charge on any atom is 0.0986 e. The van der Waals surface area contributed by atoms with Crippen LogP contribution in [0.1, 0.15) is 45.3 Å². The van der Waals surface area contributed by atoms with E-state index in [0.29, 0.717) is 6.61 Å².